The van der Waals surface area contributed by atoms with Crippen molar-refractivity contribution in [3.8, 4) is 0 Å². The van der Waals surface area contributed by atoms with Crippen molar-refractivity contribution in [3.63, 3.8) is 0 Å². The first-order valence-corrected chi connectivity index (χ1v) is 7.72. The van der Waals surface area contributed by atoms with Crippen LogP contribution in [0.4, 0.5) is 10.7 Å². The van der Waals surface area contributed by atoms with Gasteiger partial charge in [0.15, 0.2) is 0 Å². The van der Waals surface area contributed by atoms with E-state index in [1.165, 1.54) is 12.8 Å². The fourth-order valence-electron chi connectivity index (χ4n) is 2.60. The van der Waals surface area contributed by atoms with Crippen LogP contribution in [0.5, 0.6) is 0 Å². The van der Waals surface area contributed by atoms with Gasteiger partial charge in [0.25, 0.3) is 11.8 Å². The molecule has 2 amide bonds. The van der Waals surface area contributed by atoms with E-state index in [9.17, 15) is 9.59 Å². The summed E-state index contributed by atoms with van der Waals surface area (Å²) in [5.74, 6) is -1.31. The van der Waals surface area contributed by atoms with E-state index < -0.39 is 11.8 Å². The summed E-state index contributed by atoms with van der Waals surface area (Å²) in [7, 11) is 0. The van der Waals surface area contributed by atoms with E-state index in [4.69, 9.17) is 17.2 Å². The summed E-state index contributed by atoms with van der Waals surface area (Å²) in [5.41, 5.74) is 16.6. The molecule has 7 nitrogen and oxygen atoms in total. The first-order chi connectivity index (χ1) is 9.90. The summed E-state index contributed by atoms with van der Waals surface area (Å²) in [6.45, 7) is 5.06. The van der Waals surface area contributed by atoms with Gasteiger partial charge in [-0.1, -0.05) is 0 Å². The number of likely N-dealkylation sites (tertiary alicyclic amines) is 1. The minimum atomic E-state index is -0.660. The van der Waals surface area contributed by atoms with Crippen molar-refractivity contribution in [2.45, 2.75) is 25.8 Å². The molecular weight excluding hydrogens is 290 g/mol. The number of nitrogens with one attached hydrogen (secondary N) is 1. The van der Waals surface area contributed by atoms with Crippen LogP contribution < -0.4 is 22.5 Å². The number of carbonyl (C=O) groups is 2. The molecule has 0 radical (unpaired) electrons. The van der Waals surface area contributed by atoms with Gasteiger partial charge < -0.3 is 27.4 Å². The maximum Gasteiger partial charge on any atom is 0.260 e. The molecule has 1 saturated heterocycles. The lowest BCUT2D eigenvalue weighted by Crippen LogP contribution is -2.33. The molecule has 7 N–H and O–H groups in total. The van der Waals surface area contributed by atoms with Crippen LogP contribution >= 0.6 is 11.3 Å². The van der Waals surface area contributed by atoms with E-state index in [-0.39, 0.29) is 22.2 Å². The summed E-state index contributed by atoms with van der Waals surface area (Å²) < 4.78 is 0. The van der Waals surface area contributed by atoms with Gasteiger partial charge in [0.05, 0.1) is 11.3 Å². The van der Waals surface area contributed by atoms with Crippen LogP contribution in [0, 0.1) is 0 Å². The smallest absolute Gasteiger partial charge is 0.260 e. The van der Waals surface area contributed by atoms with Gasteiger partial charge >= 0.3 is 0 Å². The first kappa shape index (κ1) is 15.6. The van der Waals surface area contributed by atoms with Crippen molar-refractivity contribution in [2.24, 2.45) is 11.5 Å². The number of nitrogen functional groups attached to an aromatic ring is 1. The van der Waals surface area contributed by atoms with Gasteiger partial charge in [0.1, 0.15) is 9.88 Å². The Morgan fingerprint density at radius 1 is 1.29 bits per heavy atom. The minimum absolute atomic E-state index is 0.0656. The molecule has 2 heterocycles. The number of hydrogen-bond acceptors (Lipinski definition) is 6. The summed E-state index contributed by atoms with van der Waals surface area (Å²) in [6, 6.07) is 0.111. The number of nitrogens with two attached hydrogens (primary N) is 3. The molecule has 1 fully saturated rings. The topological polar surface area (TPSA) is 127 Å². The molecule has 1 aromatic rings. The van der Waals surface area contributed by atoms with E-state index in [0.29, 0.717) is 5.00 Å². The van der Waals surface area contributed by atoms with Crippen molar-refractivity contribution >= 4 is 33.8 Å². The molecule has 0 bridgehead atoms. The molecule has 8 heteroatoms. The Kier molecular flexibility index (Phi) is 4.69. The highest BCUT2D eigenvalue weighted by Crippen LogP contribution is 2.35. The van der Waals surface area contributed by atoms with E-state index in [0.717, 1.165) is 31.0 Å². The Hall–Kier alpha value is -1.80. The highest BCUT2D eigenvalue weighted by Gasteiger charge is 2.24. The quantitative estimate of drug-likeness (QED) is 0.605. The predicted molar refractivity (Wildman–Crippen MR) is 84.5 cm³/mol. The second kappa shape index (κ2) is 6.31. The molecule has 1 aliphatic heterocycles. The number of anilines is 2. The Morgan fingerprint density at radius 3 is 2.43 bits per heavy atom. The Bertz CT molecular complexity index is 551. The van der Waals surface area contributed by atoms with Crippen LogP contribution in [0.3, 0.4) is 0 Å². The van der Waals surface area contributed by atoms with Crippen molar-refractivity contribution in [1.29, 1.82) is 0 Å². The van der Waals surface area contributed by atoms with E-state index in [2.05, 4.69) is 10.2 Å². The lowest BCUT2D eigenvalue weighted by Gasteiger charge is -2.21. The van der Waals surface area contributed by atoms with Gasteiger partial charge in [-0.05, 0) is 32.9 Å². The third-order valence-corrected chi connectivity index (χ3v) is 4.67. The molecule has 0 saturated carbocycles. The van der Waals surface area contributed by atoms with E-state index in [1.54, 1.807) is 0 Å². The summed E-state index contributed by atoms with van der Waals surface area (Å²) in [6.07, 6.45) is 2.44. The number of rotatable bonds is 6. The lowest BCUT2D eigenvalue weighted by atomic mass is 10.2. The summed E-state index contributed by atoms with van der Waals surface area (Å²) in [4.78, 5) is 25.4. The SMILES string of the molecule is CC(CN1CCCC1)Nc1sc(C(N)=O)c(N)c1C(N)=O. The third-order valence-electron chi connectivity index (χ3n) is 3.52. The Morgan fingerprint density at radius 2 is 1.90 bits per heavy atom. The molecule has 116 valence electrons. The normalized spacial score (nSPS) is 16.8. The second-order valence-corrected chi connectivity index (χ2v) is 6.35. The molecule has 2 rings (SSSR count). The molecule has 21 heavy (non-hydrogen) atoms. The fraction of sp³-hybridized carbons (Fsp3) is 0.538. The van der Waals surface area contributed by atoms with Crippen LogP contribution in [0.25, 0.3) is 0 Å². The van der Waals surface area contributed by atoms with Gasteiger partial charge in [-0.15, -0.1) is 11.3 Å². The minimum Gasteiger partial charge on any atom is -0.397 e. The van der Waals surface area contributed by atoms with Crippen molar-refractivity contribution in [2.75, 3.05) is 30.7 Å². The monoisotopic (exact) mass is 311 g/mol. The van der Waals surface area contributed by atoms with Crippen molar-refractivity contribution in [3.05, 3.63) is 10.4 Å². The number of thiophene rings is 1. The van der Waals surface area contributed by atoms with Crippen LogP contribution in [-0.2, 0) is 0 Å². The average molecular weight is 311 g/mol. The molecule has 1 aliphatic rings. The van der Waals surface area contributed by atoms with Crippen LogP contribution in [-0.4, -0.2) is 42.4 Å². The number of carbonyl (C=O) groups excluding carboxylic acids is 2. The molecular formula is C13H21N5O2S. The van der Waals surface area contributed by atoms with Crippen molar-refractivity contribution in [1.82, 2.24) is 4.90 Å². The van der Waals surface area contributed by atoms with Crippen LogP contribution in [0.2, 0.25) is 0 Å². The zero-order chi connectivity index (χ0) is 15.6. The standard InChI is InChI=1S/C13H21N5O2S/c1-7(6-18-4-2-3-5-18)17-13-8(11(15)19)9(14)10(21-13)12(16)20/h7,17H,2-6,14H2,1H3,(H2,15,19)(H2,16,20). The number of amides is 2. The summed E-state index contributed by atoms with van der Waals surface area (Å²) in [5, 5.41) is 3.74. The van der Waals surface area contributed by atoms with Gasteiger partial charge in [0.2, 0.25) is 0 Å². The molecule has 0 aromatic carbocycles. The highest BCUT2D eigenvalue weighted by atomic mass is 32.1. The zero-order valence-electron chi connectivity index (χ0n) is 12.0. The largest absolute Gasteiger partial charge is 0.397 e. The maximum atomic E-state index is 11.6. The lowest BCUT2D eigenvalue weighted by molar-refractivity contribution is 0.0999. The summed E-state index contributed by atoms with van der Waals surface area (Å²) >= 11 is 1.08. The van der Waals surface area contributed by atoms with Crippen LogP contribution in [0.15, 0.2) is 0 Å². The first-order valence-electron chi connectivity index (χ1n) is 6.91. The number of primary amides is 2. The Balaban J connectivity index is 2.16. The molecule has 0 spiro atoms. The molecule has 1 aromatic heterocycles. The third kappa shape index (κ3) is 3.45. The Labute approximate surface area is 127 Å². The highest BCUT2D eigenvalue weighted by molar-refractivity contribution is 7.19. The average Bonchev–Trinajstić information content (AvgIpc) is 2.97. The van der Waals surface area contributed by atoms with Gasteiger partial charge in [-0.2, -0.15) is 0 Å². The maximum absolute atomic E-state index is 11.6. The molecule has 1 atom stereocenters. The van der Waals surface area contributed by atoms with Crippen molar-refractivity contribution < 1.29 is 9.59 Å². The van der Waals surface area contributed by atoms with Gasteiger partial charge in [-0.3, -0.25) is 9.59 Å². The zero-order valence-corrected chi connectivity index (χ0v) is 12.8. The molecule has 0 aliphatic carbocycles. The predicted octanol–water partition coefficient (Wildman–Crippen LogP) is 0.424. The van der Waals surface area contributed by atoms with Gasteiger partial charge in [-0.25, -0.2) is 0 Å². The fourth-order valence-corrected chi connectivity index (χ4v) is 3.68. The number of hydrogen-bond donors (Lipinski definition) is 4. The van der Waals surface area contributed by atoms with Crippen LogP contribution in [0.1, 0.15) is 39.8 Å². The second-order valence-electron chi connectivity index (χ2n) is 5.33. The number of nitrogens with zero attached hydrogens (tertiary/aromatic N) is 1. The van der Waals surface area contributed by atoms with E-state index in [1.807, 2.05) is 6.92 Å². The van der Waals surface area contributed by atoms with E-state index >= 15 is 0 Å². The molecule has 1 unspecified atom stereocenters. The van der Waals surface area contributed by atoms with Gasteiger partial charge in [0, 0.05) is 12.6 Å².